The Kier molecular flexibility index (Phi) is 7.12. The number of hydrogen-bond donors (Lipinski definition) is 1. The maximum Gasteiger partial charge on any atom is 0.329 e. The molecule has 1 aromatic rings. The van der Waals surface area contributed by atoms with Gasteiger partial charge in [0.15, 0.2) is 11.9 Å². The normalized spacial score (nSPS) is 18.2. The summed E-state index contributed by atoms with van der Waals surface area (Å²) in [6.07, 6.45) is 3.45. The molecule has 0 spiro atoms. The minimum atomic E-state index is -0.769. The van der Waals surface area contributed by atoms with Gasteiger partial charge in [0.25, 0.3) is 5.91 Å². The van der Waals surface area contributed by atoms with Crippen molar-refractivity contribution in [3.8, 4) is 0 Å². The molecule has 1 N–H and O–H groups in total. The molecule has 0 aromatic heterocycles. The van der Waals surface area contributed by atoms with Gasteiger partial charge >= 0.3 is 5.97 Å². The maximum absolute atomic E-state index is 12.4. The maximum atomic E-state index is 12.4. The summed E-state index contributed by atoms with van der Waals surface area (Å²) in [6, 6.07) is 5.64. The van der Waals surface area contributed by atoms with Crippen LogP contribution in [-0.2, 0) is 14.3 Å². The number of halogens is 1. The third-order valence-electron chi connectivity index (χ3n) is 3.81. The largest absolute Gasteiger partial charge is 0.453 e. The lowest BCUT2D eigenvalue weighted by Crippen LogP contribution is -2.43. The predicted molar refractivity (Wildman–Crippen MR) is 94.4 cm³/mol. The summed E-state index contributed by atoms with van der Waals surface area (Å²) < 4.78 is 5.31. The van der Waals surface area contributed by atoms with Gasteiger partial charge in [-0.05, 0) is 55.5 Å². The summed E-state index contributed by atoms with van der Waals surface area (Å²) in [6.45, 7) is 0. The van der Waals surface area contributed by atoms with E-state index in [1.807, 2.05) is 6.26 Å². The summed E-state index contributed by atoms with van der Waals surface area (Å²) in [7, 11) is 0. The molecule has 0 bridgehead atoms. The average Bonchev–Trinajstić information content (AvgIpc) is 2.96. The molecule has 0 heterocycles. The average molecular weight is 370 g/mol. The molecule has 1 fully saturated rings. The Labute approximate surface area is 150 Å². The monoisotopic (exact) mass is 369 g/mol. The smallest absolute Gasteiger partial charge is 0.329 e. The Morgan fingerprint density at radius 3 is 2.67 bits per heavy atom. The molecule has 1 amide bonds. The molecule has 2 rings (SSSR count). The van der Waals surface area contributed by atoms with Crippen LogP contribution in [0, 0.1) is 0 Å². The molecule has 5 nitrogen and oxygen atoms in total. The van der Waals surface area contributed by atoms with Crippen LogP contribution in [0.5, 0.6) is 0 Å². The molecular formula is C17H20ClNO4S. The van der Waals surface area contributed by atoms with E-state index in [4.69, 9.17) is 16.3 Å². The van der Waals surface area contributed by atoms with Crippen LogP contribution in [0.25, 0.3) is 0 Å². The predicted octanol–water partition coefficient (Wildman–Crippen LogP) is 2.86. The number of nitrogens with one attached hydrogen (secondary N) is 1. The lowest BCUT2D eigenvalue weighted by Gasteiger charge is -2.19. The van der Waals surface area contributed by atoms with Gasteiger partial charge in [-0.2, -0.15) is 11.8 Å². The van der Waals surface area contributed by atoms with Gasteiger partial charge < -0.3 is 10.1 Å². The van der Waals surface area contributed by atoms with Crippen molar-refractivity contribution in [3.63, 3.8) is 0 Å². The second-order valence-corrected chi connectivity index (χ2v) is 7.02. The zero-order chi connectivity index (χ0) is 17.5. The van der Waals surface area contributed by atoms with Gasteiger partial charge in [-0.15, -0.1) is 0 Å². The highest BCUT2D eigenvalue weighted by atomic mass is 35.5. The van der Waals surface area contributed by atoms with Crippen LogP contribution in [0.1, 0.15) is 36.0 Å². The fourth-order valence-corrected chi connectivity index (χ4v) is 3.06. The fourth-order valence-electron chi connectivity index (χ4n) is 2.46. The molecule has 0 saturated heterocycles. The van der Waals surface area contributed by atoms with Crippen molar-refractivity contribution in [2.45, 2.75) is 37.8 Å². The van der Waals surface area contributed by atoms with E-state index in [0.717, 1.165) is 6.42 Å². The lowest BCUT2D eigenvalue weighted by atomic mass is 10.1. The first-order valence-electron chi connectivity index (χ1n) is 7.80. The van der Waals surface area contributed by atoms with Crippen LogP contribution in [0.4, 0.5) is 0 Å². The van der Waals surface area contributed by atoms with Crippen LogP contribution in [0.15, 0.2) is 24.3 Å². The molecule has 24 heavy (non-hydrogen) atoms. The van der Waals surface area contributed by atoms with Crippen molar-refractivity contribution < 1.29 is 19.1 Å². The number of carbonyl (C=O) groups is 3. The molecule has 0 aliphatic heterocycles. The zero-order valence-electron chi connectivity index (χ0n) is 13.4. The van der Waals surface area contributed by atoms with E-state index >= 15 is 0 Å². The summed E-state index contributed by atoms with van der Waals surface area (Å²) in [4.78, 5) is 36.3. The van der Waals surface area contributed by atoms with Gasteiger partial charge in [0.2, 0.25) is 0 Å². The number of thioether (sulfide) groups is 1. The van der Waals surface area contributed by atoms with E-state index in [1.165, 1.54) is 0 Å². The molecule has 2 unspecified atom stereocenters. The summed E-state index contributed by atoms with van der Waals surface area (Å²) in [5.74, 6) is -0.269. The lowest BCUT2D eigenvalue weighted by molar-refractivity contribution is -0.155. The minimum Gasteiger partial charge on any atom is -0.453 e. The Hall–Kier alpha value is -1.53. The van der Waals surface area contributed by atoms with E-state index in [2.05, 4.69) is 5.32 Å². The summed E-state index contributed by atoms with van der Waals surface area (Å²) in [5, 5.41) is 3.23. The molecule has 2 atom stereocenters. The first kappa shape index (κ1) is 18.8. The molecule has 1 aliphatic rings. The number of ether oxygens (including phenoxy) is 1. The number of rotatable bonds is 7. The van der Waals surface area contributed by atoms with Crippen LogP contribution in [0.3, 0.4) is 0 Å². The highest BCUT2D eigenvalue weighted by molar-refractivity contribution is 7.98. The first-order valence-corrected chi connectivity index (χ1v) is 9.57. The Bertz CT molecular complexity index is 605. The van der Waals surface area contributed by atoms with Gasteiger partial charge in [-0.3, -0.25) is 9.59 Å². The van der Waals surface area contributed by atoms with Crippen molar-refractivity contribution in [2.24, 2.45) is 0 Å². The van der Waals surface area contributed by atoms with E-state index in [-0.39, 0.29) is 11.7 Å². The second-order valence-electron chi connectivity index (χ2n) is 5.60. The molecule has 130 valence electrons. The van der Waals surface area contributed by atoms with Crippen LogP contribution in [-0.4, -0.2) is 41.8 Å². The molecule has 1 aromatic carbocycles. The van der Waals surface area contributed by atoms with Crippen molar-refractivity contribution in [1.82, 2.24) is 5.32 Å². The van der Waals surface area contributed by atoms with Gasteiger partial charge in [0, 0.05) is 17.0 Å². The minimum absolute atomic E-state index is 0.0454. The second kappa shape index (κ2) is 9.08. The van der Waals surface area contributed by atoms with E-state index < -0.39 is 18.1 Å². The number of hydrogen-bond acceptors (Lipinski definition) is 5. The molecular weight excluding hydrogens is 350 g/mol. The number of benzene rings is 1. The van der Waals surface area contributed by atoms with Crippen molar-refractivity contribution in [2.75, 3.05) is 12.0 Å². The SMILES string of the molecule is CSCCC(NC(=O)c1ccc(Cl)cc1)C(=O)OC1CCCC1=O. The molecule has 0 radical (unpaired) electrons. The Morgan fingerprint density at radius 1 is 1.38 bits per heavy atom. The van der Waals surface area contributed by atoms with Crippen molar-refractivity contribution in [3.05, 3.63) is 34.9 Å². The summed E-state index contributed by atoms with van der Waals surface area (Å²) in [5.41, 5.74) is 0.415. The van der Waals surface area contributed by atoms with Gasteiger partial charge in [-0.25, -0.2) is 4.79 Å². The quantitative estimate of drug-likeness (QED) is 0.748. The van der Waals surface area contributed by atoms with E-state index in [0.29, 0.717) is 35.6 Å². The van der Waals surface area contributed by atoms with Crippen molar-refractivity contribution in [1.29, 1.82) is 0 Å². The molecule has 1 saturated carbocycles. The number of ketones is 1. The van der Waals surface area contributed by atoms with Crippen LogP contribution >= 0.6 is 23.4 Å². The highest BCUT2D eigenvalue weighted by Gasteiger charge is 2.31. The topological polar surface area (TPSA) is 72.5 Å². The fraction of sp³-hybridized carbons (Fsp3) is 0.471. The molecule has 1 aliphatic carbocycles. The third kappa shape index (κ3) is 5.24. The third-order valence-corrected chi connectivity index (χ3v) is 4.71. The number of esters is 1. The van der Waals surface area contributed by atoms with Gasteiger partial charge in [0.1, 0.15) is 6.04 Å². The first-order chi connectivity index (χ1) is 11.5. The zero-order valence-corrected chi connectivity index (χ0v) is 15.0. The van der Waals surface area contributed by atoms with Crippen molar-refractivity contribution >= 4 is 41.0 Å². The Morgan fingerprint density at radius 2 is 2.08 bits per heavy atom. The van der Waals surface area contributed by atoms with Crippen LogP contribution in [0.2, 0.25) is 5.02 Å². The van der Waals surface area contributed by atoms with Gasteiger partial charge in [0.05, 0.1) is 0 Å². The molecule has 7 heteroatoms. The van der Waals surface area contributed by atoms with Crippen LogP contribution < -0.4 is 5.32 Å². The number of carbonyl (C=O) groups excluding carboxylic acids is 3. The highest BCUT2D eigenvalue weighted by Crippen LogP contribution is 2.19. The number of amides is 1. The summed E-state index contributed by atoms with van der Waals surface area (Å²) >= 11 is 7.38. The van der Waals surface area contributed by atoms with Gasteiger partial charge in [-0.1, -0.05) is 11.6 Å². The standard InChI is InChI=1S/C17H20ClNO4S/c1-24-10-9-13(17(22)23-15-4-2-3-14(15)20)19-16(21)11-5-7-12(18)8-6-11/h5-8,13,15H,2-4,9-10H2,1H3,(H,19,21). The Balaban J connectivity index is 2.00. The number of Topliss-reactive ketones (excluding diaryl/α,β-unsaturated/α-hetero) is 1. The van der Waals surface area contributed by atoms with E-state index in [9.17, 15) is 14.4 Å². The van der Waals surface area contributed by atoms with E-state index in [1.54, 1.807) is 36.0 Å².